The van der Waals surface area contributed by atoms with E-state index in [1.165, 1.54) is 17.2 Å². The first kappa shape index (κ1) is 19.4. The van der Waals surface area contributed by atoms with Crippen LogP contribution < -0.4 is 10.9 Å². The first-order chi connectivity index (χ1) is 13.9. The molecule has 2 aliphatic heterocycles. The van der Waals surface area contributed by atoms with Gasteiger partial charge in [0.15, 0.2) is 0 Å². The molecule has 1 aromatic carbocycles. The Morgan fingerprint density at radius 2 is 1.93 bits per heavy atom. The number of fused-ring (bicyclic) bond motifs is 4. The molecule has 2 aromatic rings. The molecule has 1 saturated heterocycles. The van der Waals surface area contributed by atoms with Gasteiger partial charge in [-0.3, -0.25) is 19.0 Å². The molecule has 4 rings (SSSR count). The van der Waals surface area contributed by atoms with E-state index in [1.807, 2.05) is 30.0 Å². The fourth-order valence-electron chi connectivity index (χ4n) is 4.83. The number of nitrogens with zero attached hydrogens (tertiary/aromatic N) is 2. The van der Waals surface area contributed by atoms with Crippen LogP contribution in [0.5, 0.6) is 0 Å². The Balaban J connectivity index is 1.56. The van der Waals surface area contributed by atoms with Crippen molar-refractivity contribution in [2.24, 2.45) is 5.92 Å². The highest BCUT2D eigenvalue weighted by Crippen LogP contribution is 2.41. The highest BCUT2D eigenvalue weighted by molar-refractivity contribution is 5.81. The normalized spacial score (nSPS) is 22.7. The molecule has 0 unspecified atom stereocenters. The largest absolute Gasteiger partial charge is 0.354 e. The second-order valence-electron chi connectivity index (χ2n) is 8.25. The average Bonchev–Trinajstić information content (AvgIpc) is 2.68. The van der Waals surface area contributed by atoms with Gasteiger partial charge in [0, 0.05) is 50.2 Å². The van der Waals surface area contributed by atoms with Crippen molar-refractivity contribution in [3.05, 3.63) is 69.6 Å². The zero-order valence-electron chi connectivity index (χ0n) is 16.9. The van der Waals surface area contributed by atoms with Crippen LogP contribution in [-0.4, -0.2) is 40.9 Å². The molecule has 6 heteroatoms. The van der Waals surface area contributed by atoms with Gasteiger partial charge in [-0.2, -0.15) is 0 Å². The Hall–Kier alpha value is -2.89. The maximum absolute atomic E-state index is 13.2. The smallest absolute Gasteiger partial charge is 0.251 e. The number of pyridine rings is 1. The van der Waals surface area contributed by atoms with Crippen molar-refractivity contribution < 1.29 is 9.59 Å². The van der Waals surface area contributed by atoms with E-state index in [9.17, 15) is 14.4 Å². The summed E-state index contributed by atoms with van der Waals surface area (Å²) < 4.78 is 1.66. The number of hydrogen-bond donors (Lipinski definition) is 1. The maximum Gasteiger partial charge on any atom is 0.251 e. The Morgan fingerprint density at radius 3 is 2.69 bits per heavy atom. The molecule has 0 spiro atoms. The summed E-state index contributed by atoms with van der Waals surface area (Å²) in [4.78, 5) is 39.6. The molecule has 0 radical (unpaired) electrons. The van der Waals surface area contributed by atoms with Gasteiger partial charge in [0.25, 0.3) is 5.56 Å². The first-order valence-electron chi connectivity index (χ1n) is 10.2. The summed E-state index contributed by atoms with van der Waals surface area (Å²) in [7, 11) is 0. The van der Waals surface area contributed by atoms with Gasteiger partial charge < -0.3 is 10.2 Å². The molecule has 2 bridgehead atoms. The van der Waals surface area contributed by atoms with E-state index in [0.717, 1.165) is 18.5 Å². The van der Waals surface area contributed by atoms with Crippen LogP contribution in [0.2, 0.25) is 0 Å². The number of carbonyl (C=O) groups excluding carboxylic acids is 2. The van der Waals surface area contributed by atoms with Gasteiger partial charge in [0.1, 0.15) is 6.04 Å². The molecule has 1 aromatic heterocycles. The summed E-state index contributed by atoms with van der Waals surface area (Å²) in [5.74, 6) is -0.0711. The summed E-state index contributed by atoms with van der Waals surface area (Å²) in [6.07, 6.45) is 1.56. The van der Waals surface area contributed by atoms with Crippen LogP contribution in [0.3, 0.4) is 0 Å². The number of aryl methyl sites for hydroxylation is 1. The fraction of sp³-hybridized carbons (Fsp3) is 0.435. The summed E-state index contributed by atoms with van der Waals surface area (Å²) in [6, 6.07) is 12.8. The van der Waals surface area contributed by atoms with Crippen LogP contribution >= 0.6 is 0 Å². The molecule has 1 N–H and O–H groups in total. The minimum atomic E-state index is -0.574. The number of hydrogen-bond acceptors (Lipinski definition) is 3. The first-order valence-corrected chi connectivity index (χ1v) is 10.2. The molecule has 0 saturated carbocycles. The highest BCUT2D eigenvalue weighted by atomic mass is 16.2. The zero-order chi connectivity index (χ0) is 20.5. The number of amides is 2. The van der Waals surface area contributed by atoms with E-state index in [2.05, 4.69) is 17.4 Å². The molecule has 1 fully saturated rings. The van der Waals surface area contributed by atoms with Gasteiger partial charge in [-0.15, -0.1) is 0 Å². The van der Waals surface area contributed by atoms with Crippen molar-refractivity contribution in [2.45, 2.75) is 38.6 Å². The summed E-state index contributed by atoms with van der Waals surface area (Å²) in [5, 5.41) is 3.03. The molecular weight excluding hydrogens is 366 g/mol. The van der Waals surface area contributed by atoms with E-state index in [1.54, 1.807) is 17.6 Å². The topological polar surface area (TPSA) is 71.4 Å². The van der Waals surface area contributed by atoms with Gasteiger partial charge in [0.2, 0.25) is 11.8 Å². The van der Waals surface area contributed by atoms with Crippen LogP contribution in [0.4, 0.5) is 0 Å². The number of benzene rings is 1. The molecule has 152 valence electrons. The van der Waals surface area contributed by atoms with Crippen LogP contribution in [0, 0.1) is 12.8 Å². The van der Waals surface area contributed by atoms with Crippen LogP contribution in [0.15, 0.2) is 47.3 Å². The molecule has 2 amide bonds. The number of aromatic nitrogens is 1. The maximum atomic E-state index is 13.2. The van der Waals surface area contributed by atoms with Crippen molar-refractivity contribution in [2.75, 3.05) is 19.6 Å². The van der Waals surface area contributed by atoms with Crippen LogP contribution in [0.25, 0.3) is 0 Å². The SMILES string of the molecule is CC(=O)N1C[C@H]2C[C@@H](C1)[C@H](C(=O)NCCc1cccc(C)c1)n1c2cccc1=O. The number of rotatable bonds is 4. The van der Waals surface area contributed by atoms with Crippen molar-refractivity contribution in [1.29, 1.82) is 0 Å². The third-order valence-electron chi connectivity index (χ3n) is 6.16. The zero-order valence-corrected chi connectivity index (χ0v) is 16.9. The van der Waals surface area contributed by atoms with E-state index in [-0.39, 0.29) is 29.2 Å². The summed E-state index contributed by atoms with van der Waals surface area (Å²) >= 11 is 0. The van der Waals surface area contributed by atoms with Gasteiger partial charge in [-0.1, -0.05) is 35.9 Å². The van der Waals surface area contributed by atoms with E-state index in [4.69, 9.17) is 0 Å². The third kappa shape index (κ3) is 3.84. The highest BCUT2D eigenvalue weighted by Gasteiger charge is 2.44. The van der Waals surface area contributed by atoms with E-state index in [0.29, 0.717) is 19.6 Å². The Labute approximate surface area is 170 Å². The molecule has 3 heterocycles. The minimum Gasteiger partial charge on any atom is -0.354 e. The van der Waals surface area contributed by atoms with Gasteiger partial charge >= 0.3 is 0 Å². The van der Waals surface area contributed by atoms with Crippen LogP contribution in [-0.2, 0) is 16.0 Å². The van der Waals surface area contributed by atoms with Gasteiger partial charge in [-0.25, -0.2) is 0 Å². The molecule has 3 atom stereocenters. The molecule has 0 aliphatic carbocycles. The lowest BCUT2D eigenvalue weighted by atomic mass is 9.78. The molecule has 6 nitrogen and oxygen atoms in total. The number of piperidine rings is 1. The fourth-order valence-corrected chi connectivity index (χ4v) is 4.83. The van der Waals surface area contributed by atoms with E-state index >= 15 is 0 Å². The average molecular weight is 393 g/mol. The second-order valence-corrected chi connectivity index (χ2v) is 8.25. The van der Waals surface area contributed by atoms with Crippen molar-refractivity contribution in [3.63, 3.8) is 0 Å². The van der Waals surface area contributed by atoms with Crippen molar-refractivity contribution >= 4 is 11.8 Å². The number of nitrogens with one attached hydrogen (secondary N) is 1. The summed E-state index contributed by atoms with van der Waals surface area (Å²) in [5.41, 5.74) is 3.08. The van der Waals surface area contributed by atoms with Gasteiger partial charge in [0.05, 0.1) is 0 Å². The molecule has 2 aliphatic rings. The number of likely N-dealkylation sites (tertiary alicyclic amines) is 1. The van der Waals surface area contributed by atoms with Crippen molar-refractivity contribution in [1.82, 2.24) is 14.8 Å². The predicted molar refractivity (Wildman–Crippen MR) is 111 cm³/mol. The lowest BCUT2D eigenvalue weighted by Gasteiger charge is -2.46. The summed E-state index contributed by atoms with van der Waals surface area (Å²) in [6.45, 7) is 5.26. The molecule has 29 heavy (non-hydrogen) atoms. The van der Waals surface area contributed by atoms with Crippen LogP contribution in [0.1, 0.15) is 42.1 Å². The quantitative estimate of drug-likeness (QED) is 0.864. The Kier molecular flexibility index (Phi) is 5.26. The number of carbonyl (C=O) groups is 2. The Morgan fingerprint density at radius 1 is 1.14 bits per heavy atom. The van der Waals surface area contributed by atoms with E-state index < -0.39 is 6.04 Å². The Bertz CT molecular complexity index is 997. The second kappa shape index (κ2) is 7.85. The molecular formula is C23H27N3O3. The minimum absolute atomic E-state index is 0.0185. The standard InChI is InChI=1S/C23H27N3O3/c1-15-5-3-6-17(11-15)9-10-24-23(29)22-19-12-18(13-25(14-19)16(2)27)20-7-4-8-21(28)26(20)22/h3-8,11,18-19,22H,9-10,12-14H2,1-2H3,(H,24,29)/t18-,19+,22-/m1/s1. The predicted octanol–water partition coefficient (Wildman–Crippen LogP) is 2.02. The third-order valence-corrected chi connectivity index (χ3v) is 6.16. The lowest BCUT2D eigenvalue weighted by Crippen LogP contribution is -2.54. The lowest BCUT2D eigenvalue weighted by molar-refractivity contribution is -0.135. The van der Waals surface area contributed by atoms with Crippen molar-refractivity contribution in [3.8, 4) is 0 Å². The monoisotopic (exact) mass is 393 g/mol. The van der Waals surface area contributed by atoms with Gasteiger partial charge in [-0.05, 0) is 31.4 Å².